The third-order valence-corrected chi connectivity index (χ3v) is 5.63. The molecule has 2 aliphatic rings. The number of morpholine rings is 1. The highest BCUT2D eigenvalue weighted by Gasteiger charge is 2.34. The van der Waals surface area contributed by atoms with Gasteiger partial charge in [0.05, 0.1) is 38.1 Å². The summed E-state index contributed by atoms with van der Waals surface area (Å²) in [5.74, 6) is 0.842. The lowest BCUT2D eigenvalue weighted by Crippen LogP contribution is -2.36. The first-order valence-corrected chi connectivity index (χ1v) is 10.8. The zero-order valence-electron chi connectivity index (χ0n) is 18.1. The van der Waals surface area contributed by atoms with Crippen LogP contribution < -0.4 is 25.2 Å². The molecule has 0 aliphatic carbocycles. The van der Waals surface area contributed by atoms with E-state index in [0.717, 1.165) is 30.2 Å². The molecule has 0 spiro atoms. The van der Waals surface area contributed by atoms with E-state index < -0.39 is 0 Å². The molecule has 2 fully saturated rings. The largest absolute Gasteiger partial charge is 0.497 e. The third kappa shape index (κ3) is 5.25. The maximum atomic E-state index is 12.6. The van der Waals surface area contributed by atoms with Crippen molar-refractivity contribution >= 4 is 29.0 Å². The van der Waals surface area contributed by atoms with Crippen LogP contribution in [0, 0.1) is 5.92 Å². The maximum Gasteiger partial charge on any atom is 0.227 e. The van der Waals surface area contributed by atoms with Crippen molar-refractivity contribution < 1.29 is 19.1 Å². The summed E-state index contributed by atoms with van der Waals surface area (Å²) in [6.07, 6.45) is 1.95. The molecule has 0 bridgehead atoms. The number of hydrogen-bond donors (Lipinski definition) is 2. The van der Waals surface area contributed by atoms with Crippen LogP contribution >= 0.6 is 0 Å². The number of carbonyl (C=O) groups excluding carboxylic acids is 2. The highest BCUT2D eigenvalue weighted by Crippen LogP contribution is 2.27. The van der Waals surface area contributed by atoms with E-state index in [2.05, 4.69) is 25.7 Å². The number of nitrogens with zero attached hydrogens (tertiary/aromatic N) is 4. The van der Waals surface area contributed by atoms with Crippen LogP contribution in [0.5, 0.6) is 5.75 Å². The van der Waals surface area contributed by atoms with E-state index in [0.29, 0.717) is 38.7 Å². The number of nitrogens with one attached hydrogen (secondary N) is 2. The third-order valence-electron chi connectivity index (χ3n) is 5.63. The molecule has 10 heteroatoms. The Balaban J connectivity index is 1.22. The maximum absolute atomic E-state index is 12.6. The monoisotopic (exact) mass is 440 g/mol. The van der Waals surface area contributed by atoms with Gasteiger partial charge in [-0.2, -0.15) is 5.10 Å². The summed E-state index contributed by atoms with van der Waals surface area (Å²) >= 11 is 0. The molecule has 170 valence electrons. The van der Waals surface area contributed by atoms with Gasteiger partial charge >= 0.3 is 0 Å². The van der Waals surface area contributed by atoms with E-state index >= 15 is 0 Å². The minimum Gasteiger partial charge on any atom is -0.497 e. The summed E-state index contributed by atoms with van der Waals surface area (Å²) in [4.78, 5) is 28.8. The lowest BCUT2D eigenvalue weighted by Gasteiger charge is -2.28. The number of rotatable bonds is 8. The number of aromatic nitrogens is 2. The lowest BCUT2D eigenvalue weighted by atomic mass is 10.1. The molecule has 3 heterocycles. The topological polar surface area (TPSA) is 109 Å². The molecule has 2 aliphatic heterocycles. The van der Waals surface area contributed by atoms with Crippen molar-refractivity contribution in [3.63, 3.8) is 0 Å². The molecule has 2 aromatic rings. The van der Waals surface area contributed by atoms with Crippen LogP contribution in [0.15, 0.2) is 36.5 Å². The van der Waals surface area contributed by atoms with Crippen molar-refractivity contribution in [1.82, 2.24) is 15.5 Å². The molecule has 2 N–H and O–H groups in total. The molecule has 2 amide bonds. The van der Waals surface area contributed by atoms with Crippen molar-refractivity contribution in [3.8, 4) is 5.75 Å². The van der Waals surface area contributed by atoms with E-state index in [1.54, 1.807) is 30.3 Å². The van der Waals surface area contributed by atoms with Crippen molar-refractivity contribution in [1.29, 1.82) is 0 Å². The van der Waals surface area contributed by atoms with Gasteiger partial charge in [-0.15, -0.1) is 5.10 Å². The Morgan fingerprint density at radius 1 is 1.19 bits per heavy atom. The zero-order valence-corrected chi connectivity index (χ0v) is 18.1. The highest BCUT2D eigenvalue weighted by molar-refractivity contribution is 6.00. The van der Waals surface area contributed by atoms with Crippen LogP contribution in [-0.4, -0.2) is 75.1 Å². The first-order chi connectivity index (χ1) is 15.6. The number of amides is 2. The predicted octanol–water partition coefficient (Wildman–Crippen LogP) is 0.903. The predicted molar refractivity (Wildman–Crippen MR) is 120 cm³/mol. The molecule has 0 radical (unpaired) electrons. The van der Waals surface area contributed by atoms with Gasteiger partial charge in [-0.1, -0.05) is 0 Å². The molecule has 1 unspecified atom stereocenters. The average Bonchev–Trinajstić information content (AvgIpc) is 3.24. The lowest BCUT2D eigenvalue weighted by molar-refractivity contribution is -0.126. The Morgan fingerprint density at radius 2 is 1.97 bits per heavy atom. The molecule has 32 heavy (non-hydrogen) atoms. The SMILES string of the molecule is COc1ccc(N2CC(C(=O)NCCNc3cc(N4CCOCC4)cnn3)CC2=O)cc1. The van der Waals surface area contributed by atoms with Crippen LogP contribution in [0.3, 0.4) is 0 Å². The molecule has 1 aromatic carbocycles. The zero-order chi connectivity index (χ0) is 22.3. The normalized spacial score (nSPS) is 18.5. The molecule has 10 nitrogen and oxygen atoms in total. The molecule has 1 aromatic heterocycles. The average molecular weight is 441 g/mol. The molecule has 1 atom stereocenters. The summed E-state index contributed by atoms with van der Waals surface area (Å²) < 4.78 is 10.5. The highest BCUT2D eigenvalue weighted by atomic mass is 16.5. The second-order valence-corrected chi connectivity index (χ2v) is 7.72. The van der Waals surface area contributed by atoms with Crippen LogP contribution in [0.4, 0.5) is 17.2 Å². The van der Waals surface area contributed by atoms with Crippen LogP contribution in [0.1, 0.15) is 6.42 Å². The van der Waals surface area contributed by atoms with Gasteiger partial charge in [0.15, 0.2) is 5.82 Å². The molecular formula is C22H28N6O4. The Labute approximate surface area is 186 Å². The molecule has 4 rings (SSSR count). The molecular weight excluding hydrogens is 412 g/mol. The quantitative estimate of drug-likeness (QED) is 0.583. The fourth-order valence-electron chi connectivity index (χ4n) is 3.85. The molecule has 0 saturated carbocycles. The number of methoxy groups -OCH3 is 1. The Kier molecular flexibility index (Phi) is 7.00. The fourth-order valence-corrected chi connectivity index (χ4v) is 3.85. The van der Waals surface area contributed by atoms with Gasteiger partial charge in [-0.3, -0.25) is 9.59 Å². The summed E-state index contributed by atoms with van der Waals surface area (Å²) in [7, 11) is 1.60. The van der Waals surface area contributed by atoms with Gasteiger partial charge in [0, 0.05) is 50.9 Å². The first-order valence-electron chi connectivity index (χ1n) is 10.8. The van der Waals surface area contributed by atoms with E-state index in [1.807, 2.05) is 18.2 Å². The van der Waals surface area contributed by atoms with Gasteiger partial charge in [0.25, 0.3) is 0 Å². The van der Waals surface area contributed by atoms with Gasteiger partial charge < -0.3 is 29.9 Å². The number of anilines is 3. The van der Waals surface area contributed by atoms with Crippen molar-refractivity contribution in [2.75, 3.05) is 68.2 Å². The van der Waals surface area contributed by atoms with Gasteiger partial charge in [-0.25, -0.2) is 0 Å². The minimum absolute atomic E-state index is 0.0522. The number of benzene rings is 1. The summed E-state index contributed by atoms with van der Waals surface area (Å²) in [6.45, 7) is 4.37. The van der Waals surface area contributed by atoms with Gasteiger partial charge in [0.1, 0.15) is 5.75 Å². The summed E-state index contributed by atoms with van der Waals surface area (Å²) in [6, 6.07) is 9.21. The van der Waals surface area contributed by atoms with E-state index in [9.17, 15) is 9.59 Å². The van der Waals surface area contributed by atoms with E-state index in [1.165, 1.54) is 0 Å². The van der Waals surface area contributed by atoms with Crippen LogP contribution in [-0.2, 0) is 14.3 Å². The minimum atomic E-state index is -0.367. The van der Waals surface area contributed by atoms with Gasteiger partial charge in [-0.05, 0) is 24.3 Å². The van der Waals surface area contributed by atoms with E-state index in [-0.39, 0.29) is 24.2 Å². The van der Waals surface area contributed by atoms with Gasteiger partial charge in [0.2, 0.25) is 11.8 Å². The Bertz CT molecular complexity index is 932. The number of carbonyl (C=O) groups is 2. The van der Waals surface area contributed by atoms with Crippen LogP contribution in [0.2, 0.25) is 0 Å². The van der Waals surface area contributed by atoms with Crippen LogP contribution in [0.25, 0.3) is 0 Å². The fraction of sp³-hybridized carbons (Fsp3) is 0.455. The van der Waals surface area contributed by atoms with Crippen molar-refractivity contribution in [3.05, 3.63) is 36.5 Å². The summed E-state index contributed by atoms with van der Waals surface area (Å²) in [5.41, 5.74) is 1.77. The van der Waals surface area contributed by atoms with E-state index in [4.69, 9.17) is 9.47 Å². The Hall–Kier alpha value is -3.40. The summed E-state index contributed by atoms with van der Waals surface area (Å²) in [5, 5.41) is 14.3. The standard InChI is InChI=1S/C22H28N6O4/c1-31-19-4-2-17(3-5-19)28-15-16(12-21(28)29)22(30)24-7-6-23-20-13-18(14-25-26-20)27-8-10-32-11-9-27/h2-5,13-14,16H,6-12,15H2,1H3,(H,23,26)(H,24,30). The second-order valence-electron chi connectivity index (χ2n) is 7.72. The molecule has 2 saturated heterocycles. The first kappa shape index (κ1) is 21.8. The Morgan fingerprint density at radius 3 is 2.72 bits per heavy atom. The smallest absolute Gasteiger partial charge is 0.227 e. The number of hydrogen-bond acceptors (Lipinski definition) is 8. The number of ether oxygens (including phenoxy) is 2. The van der Waals surface area contributed by atoms with Crippen molar-refractivity contribution in [2.45, 2.75) is 6.42 Å². The second kappa shape index (κ2) is 10.3. The van der Waals surface area contributed by atoms with Crippen molar-refractivity contribution in [2.24, 2.45) is 5.92 Å².